The molecule has 1 N–H and O–H groups in total. The van der Waals surface area contributed by atoms with Crippen molar-refractivity contribution in [2.75, 3.05) is 18.5 Å². The van der Waals surface area contributed by atoms with Crippen molar-refractivity contribution >= 4 is 34.4 Å². The highest BCUT2D eigenvalue weighted by atomic mass is 32.1. The SMILES string of the molecule is CC(OCC1CCCO1)C(=O)Nc1cccc2nsnc12. The molecule has 2 atom stereocenters. The van der Waals surface area contributed by atoms with Gasteiger partial charge in [0.25, 0.3) is 5.91 Å². The number of carbonyl (C=O) groups is 1. The van der Waals surface area contributed by atoms with Crippen LogP contribution in [0.5, 0.6) is 0 Å². The van der Waals surface area contributed by atoms with Crippen LogP contribution in [0.25, 0.3) is 11.0 Å². The first-order valence-corrected chi connectivity index (χ1v) is 7.72. The Kier molecular flexibility index (Phi) is 4.42. The van der Waals surface area contributed by atoms with Gasteiger partial charge >= 0.3 is 0 Å². The third-order valence-corrected chi connectivity index (χ3v) is 4.01. The third-order valence-electron chi connectivity index (χ3n) is 3.47. The molecule has 0 radical (unpaired) electrons. The first kappa shape index (κ1) is 14.4. The van der Waals surface area contributed by atoms with Gasteiger partial charge in [-0.25, -0.2) is 0 Å². The lowest BCUT2D eigenvalue weighted by Gasteiger charge is -2.16. The van der Waals surface area contributed by atoms with Gasteiger partial charge in [0.2, 0.25) is 0 Å². The molecular weight excluding hydrogens is 290 g/mol. The summed E-state index contributed by atoms with van der Waals surface area (Å²) in [6.45, 7) is 2.98. The zero-order chi connectivity index (χ0) is 14.7. The van der Waals surface area contributed by atoms with Gasteiger partial charge in [0, 0.05) is 6.61 Å². The summed E-state index contributed by atoms with van der Waals surface area (Å²) in [5.74, 6) is -0.187. The van der Waals surface area contributed by atoms with Crippen LogP contribution >= 0.6 is 11.7 Å². The van der Waals surface area contributed by atoms with Gasteiger partial charge in [-0.2, -0.15) is 8.75 Å². The van der Waals surface area contributed by atoms with Crippen LogP contribution in [0.3, 0.4) is 0 Å². The number of hydrogen-bond donors (Lipinski definition) is 1. The molecule has 1 fully saturated rings. The van der Waals surface area contributed by atoms with Crippen LogP contribution in [0.15, 0.2) is 18.2 Å². The van der Waals surface area contributed by atoms with Crippen LogP contribution in [0.1, 0.15) is 19.8 Å². The highest BCUT2D eigenvalue weighted by Crippen LogP contribution is 2.21. The topological polar surface area (TPSA) is 73.3 Å². The maximum atomic E-state index is 12.2. The first-order chi connectivity index (χ1) is 10.2. The molecule has 0 saturated carbocycles. The largest absolute Gasteiger partial charge is 0.376 e. The van der Waals surface area contributed by atoms with Gasteiger partial charge in [-0.3, -0.25) is 4.79 Å². The standard InChI is InChI=1S/C14H17N3O3S/c1-9(20-8-10-4-3-7-19-10)14(18)15-11-5-2-6-12-13(11)17-21-16-12/h2,5-6,9-10H,3-4,7-8H2,1H3,(H,15,18). The number of rotatable bonds is 5. The maximum absolute atomic E-state index is 12.2. The normalized spacial score (nSPS) is 19.8. The summed E-state index contributed by atoms with van der Waals surface area (Å²) in [6, 6.07) is 5.53. The van der Waals surface area contributed by atoms with Crippen LogP contribution < -0.4 is 5.32 Å². The van der Waals surface area contributed by atoms with E-state index in [-0.39, 0.29) is 12.0 Å². The number of anilines is 1. The summed E-state index contributed by atoms with van der Waals surface area (Å²) in [7, 11) is 0. The molecule has 6 nitrogen and oxygen atoms in total. The number of fused-ring (bicyclic) bond motifs is 1. The highest BCUT2D eigenvalue weighted by molar-refractivity contribution is 7.00. The lowest BCUT2D eigenvalue weighted by molar-refractivity contribution is -0.128. The molecule has 1 saturated heterocycles. The molecule has 21 heavy (non-hydrogen) atoms. The second-order valence-electron chi connectivity index (χ2n) is 5.04. The minimum absolute atomic E-state index is 0.117. The highest BCUT2D eigenvalue weighted by Gasteiger charge is 2.20. The first-order valence-electron chi connectivity index (χ1n) is 6.99. The number of nitrogens with zero attached hydrogens (tertiary/aromatic N) is 2. The Morgan fingerprint density at radius 1 is 1.57 bits per heavy atom. The molecule has 0 bridgehead atoms. The molecule has 1 aliphatic heterocycles. The molecule has 2 aromatic rings. The Labute approximate surface area is 126 Å². The van der Waals surface area contributed by atoms with Crippen molar-refractivity contribution in [1.82, 2.24) is 8.75 Å². The zero-order valence-electron chi connectivity index (χ0n) is 11.7. The molecule has 1 aliphatic rings. The minimum atomic E-state index is -0.531. The summed E-state index contributed by atoms with van der Waals surface area (Å²) < 4.78 is 19.4. The quantitative estimate of drug-likeness (QED) is 0.917. The van der Waals surface area contributed by atoms with Crippen LogP contribution in [-0.2, 0) is 14.3 Å². The molecule has 1 amide bonds. The van der Waals surface area contributed by atoms with E-state index in [0.29, 0.717) is 17.8 Å². The number of benzene rings is 1. The molecule has 0 spiro atoms. The number of hydrogen-bond acceptors (Lipinski definition) is 6. The van der Waals surface area contributed by atoms with Crippen LogP contribution in [0, 0.1) is 0 Å². The summed E-state index contributed by atoms with van der Waals surface area (Å²) in [4.78, 5) is 12.2. The van der Waals surface area contributed by atoms with Crippen molar-refractivity contribution in [3.05, 3.63) is 18.2 Å². The monoisotopic (exact) mass is 307 g/mol. The zero-order valence-corrected chi connectivity index (χ0v) is 12.6. The average molecular weight is 307 g/mol. The van der Waals surface area contributed by atoms with E-state index in [1.807, 2.05) is 18.2 Å². The van der Waals surface area contributed by atoms with Crippen LogP contribution in [0.4, 0.5) is 5.69 Å². The summed E-state index contributed by atoms with van der Waals surface area (Å²) in [5.41, 5.74) is 2.16. The maximum Gasteiger partial charge on any atom is 0.253 e. The van der Waals surface area contributed by atoms with Gasteiger partial charge in [-0.05, 0) is 31.9 Å². The number of amides is 1. The van der Waals surface area contributed by atoms with E-state index in [0.717, 1.165) is 36.7 Å². The van der Waals surface area contributed by atoms with Gasteiger partial charge in [0.15, 0.2) is 0 Å². The van der Waals surface area contributed by atoms with Crippen LogP contribution in [0.2, 0.25) is 0 Å². The van der Waals surface area contributed by atoms with Crippen molar-refractivity contribution in [2.24, 2.45) is 0 Å². The number of nitrogens with one attached hydrogen (secondary N) is 1. The minimum Gasteiger partial charge on any atom is -0.376 e. The molecule has 112 valence electrons. The van der Waals surface area contributed by atoms with Crippen molar-refractivity contribution in [2.45, 2.75) is 32.0 Å². The number of carbonyl (C=O) groups excluding carboxylic acids is 1. The predicted molar refractivity (Wildman–Crippen MR) is 80.4 cm³/mol. The summed E-state index contributed by atoms with van der Waals surface area (Å²) in [6.07, 6.45) is 1.65. The Morgan fingerprint density at radius 2 is 2.48 bits per heavy atom. The Balaban J connectivity index is 1.58. The molecule has 2 heterocycles. The van der Waals surface area contributed by atoms with Gasteiger partial charge in [0.05, 0.1) is 30.1 Å². The summed E-state index contributed by atoms with van der Waals surface area (Å²) in [5, 5.41) is 2.85. The van der Waals surface area contributed by atoms with Crippen molar-refractivity contribution in [1.29, 1.82) is 0 Å². The van der Waals surface area contributed by atoms with Gasteiger partial charge in [-0.1, -0.05) is 6.07 Å². The number of aromatic nitrogens is 2. The second-order valence-corrected chi connectivity index (χ2v) is 5.57. The third kappa shape index (κ3) is 3.37. The second kappa shape index (κ2) is 6.46. The van der Waals surface area contributed by atoms with E-state index in [4.69, 9.17) is 9.47 Å². The average Bonchev–Trinajstić information content (AvgIpc) is 3.16. The van der Waals surface area contributed by atoms with Gasteiger partial charge < -0.3 is 14.8 Å². The fourth-order valence-electron chi connectivity index (χ4n) is 2.24. The fraction of sp³-hybridized carbons (Fsp3) is 0.500. The van der Waals surface area contributed by atoms with E-state index >= 15 is 0 Å². The predicted octanol–water partition coefficient (Wildman–Crippen LogP) is 2.21. The summed E-state index contributed by atoms with van der Waals surface area (Å²) >= 11 is 1.13. The van der Waals surface area contributed by atoms with E-state index in [1.54, 1.807) is 6.92 Å². The Morgan fingerprint density at radius 3 is 3.29 bits per heavy atom. The van der Waals surface area contributed by atoms with Gasteiger partial charge in [-0.15, -0.1) is 0 Å². The lowest BCUT2D eigenvalue weighted by Crippen LogP contribution is -2.30. The van der Waals surface area contributed by atoms with E-state index in [1.165, 1.54) is 0 Å². The van der Waals surface area contributed by atoms with Crippen LogP contribution in [-0.4, -0.2) is 40.1 Å². The number of ether oxygens (including phenoxy) is 2. The van der Waals surface area contributed by atoms with Crippen molar-refractivity contribution in [3.63, 3.8) is 0 Å². The smallest absolute Gasteiger partial charge is 0.253 e. The molecule has 1 aromatic heterocycles. The van der Waals surface area contributed by atoms with E-state index in [9.17, 15) is 4.79 Å². The molecule has 3 rings (SSSR count). The molecular formula is C14H17N3O3S. The van der Waals surface area contributed by atoms with Crippen molar-refractivity contribution < 1.29 is 14.3 Å². The van der Waals surface area contributed by atoms with E-state index in [2.05, 4.69) is 14.1 Å². The molecule has 7 heteroatoms. The van der Waals surface area contributed by atoms with E-state index < -0.39 is 6.10 Å². The lowest BCUT2D eigenvalue weighted by atomic mass is 10.2. The van der Waals surface area contributed by atoms with Crippen molar-refractivity contribution in [3.8, 4) is 0 Å². The Hall–Kier alpha value is -1.57. The molecule has 1 aromatic carbocycles. The Bertz CT molecular complexity index is 625. The molecule has 2 unspecified atom stereocenters. The van der Waals surface area contributed by atoms with Gasteiger partial charge in [0.1, 0.15) is 17.1 Å². The fourth-order valence-corrected chi connectivity index (χ4v) is 2.79. The molecule has 0 aliphatic carbocycles.